The van der Waals surface area contributed by atoms with Gasteiger partial charge in [0.25, 0.3) is 5.91 Å². The molecular formula is C35H31N7O5S. The van der Waals surface area contributed by atoms with Crippen molar-refractivity contribution in [3.05, 3.63) is 126 Å². The molecule has 12 nitrogen and oxygen atoms in total. The smallest absolute Gasteiger partial charge is 0.275 e. The zero-order chi connectivity index (χ0) is 33.0. The van der Waals surface area contributed by atoms with Crippen LogP contribution in [-0.2, 0) is 16.1 Å². The lowest BCUT2D eigenvalue weighted by atomic mass is 9.91. The Kier molecular flexibility index (Phi) is 9.07. The van der Waals surface area contributed by atoms with Crippen LogP contribution in [-0.4, -0.2) is 58.2 Å². The zero-order valence-electron chi connectivity index (χ0n) is 25.7. The van der Waals surface area contributed by atoms with Crippen molar-refractivity contribution >= 4 is 34.4 Å². The first-order valence-corrected chi connectivity index (χ1v) is 16.3. The van der Waals surface area contributed by atoms with Crippen LogP contribution in [0.2, 0.25) is 0 Å². The maximum Gasteiger partial charge on any atom is 0.275 e. The van der Waals surface area contributed by atoms with E-state index in [1.165, 1.54) is 18.0 Å². The Bertz CT molecular complexity index is 2020. The minimum absolute atomic E-state index is 0.0432. The molecule has 0 spiro atoms. The maximum absolute atomic E-state index is 13.0. The average Bonchev–Trinajstić information content (AvgIpc) is 3.60. The fourth-order valence-electron chi connectivity index (χ4n) is 5.48. The molecule has 1 aliphatic rings. The van der Waals surface area contributed by atoms with Gasteiger partial charge in [-0.3, -0.25) is 9.78 Å². The van der Waals surface area contributed by atoms with Crippen molar-refractivity contribution in [2.45, 2.75) is 37.2 Å². The number of aromatic hydroxyl groups is 1. The molecular weight excluding hydrogens is 630 g/mol. The number of thioether (sulfide) groups is 1. The summed E-state index contributed by atoms with van der Waals surface area (Å²) in [5.74, 6) is 0.279. The van der Waals surface area contributed by atoms with Crippen LogP contribution < -0.4 is 5.32 Å². The van der Waals surface area contributed by atoms with E-state index in [2.05, 4.69) is 37.7 Å². The summed E-state index contributed by atoms with van der Waals surface area (Å²) in [5.41, 5.74) is 5.46. The first kappa shape index (κ1) is 31.4. The monoisotopic (exact) mass is 661 g/mol. The van der Waals surface area contributed by atoms with Gasteiger partial charge in [-0.05, 0) is 70.1 Å². The first-order chi connectivity index (χ1) is 23.4. The number of aliphatic hydroxyl groups excluding tert-OH is 1. The minimum Gasteiger partial charge on any atom is -0.508 e. The molecule has 7 rings (SSSR count). The number of aliphatic hydroxyl groups is 1. The van der Waals surface area contributed by atoms with Crippen LogP contribution in [0.4, 0.5) is 5.69 Å². The zero-order valence-corrected chi connectivity index (χ0v) is 26.6. The summed E-state index contributed by atoms with van der Waals surface area (Å²) in [4.78, 5) is 21.7. The molecule has 6 aromatic rings. The van der Waals surface area contributed by atoms with E-state index >= 15 is 0 Å². The average molecular weight is 662 g/mol. The number of nitrogens with zero attached hydrogens (tertiary/aromatic N) is 6. The molecule has 0 aliphatic carbocycles. The Morgan fingerprint density at radius 3 is 2.40 bits per heavy atom. The van der Waals surface area contributed by atoms with E-state index in [9.17, 15) is 15.0 Å². The predicted molar refractivity (Wildman–Crippen MR) is 178 cm³/mol. The molecule has 0 saturated carbocycles. The highest BCUT2D eigenvalue weighted by Gasteiger charge is 2.38. The number of phenols is 1. The third kappa shape index (κ3) is 6.75. The highest BCUT2D eigenvalue weighted by Crippen LogP contribution is 2.43. The summed E-state index contributed by atoms with van der Waals surface area (Å²) in [6, 6.07) is 29.1. The molecule has 1 amide bonds. The normalized spacial score (nSPS) is 19.3. The number of tetrazole rings is 1. The molecule has 4 atom stereocenters. The molecule has 13 heteroatoms. The largest absolute Gasteiger partial charge is 0.508 e. The van der Waals surface area contributed by atoms with Crippen LogP contribution >= 0.6 is 11.8 Å². The molecule has 48 heavy (non-hydrogen) atoms. The number of ether oxygens (including phenoxy) is 2. The third-order valence-electron chi connectivity index (χ3n) is 8.16. The lowest BCUT2D eigenvalue weighted by Crippen LogP contribution is -2.38. The van der Waals surface area contributed by atoms with E-state index in [1.54, 1.807) is 41.1 Å². The van der Waals surface area contributed by atoms with E-state index in [0.717, 1.165) is 27.9 Å². The van der Waals surface area contributed by atoms with Gasteiger partial charge in [-0.1, -0.05) is 67.2 Å². The van der Waals surface area contributed by atoms with Gasteiger partial charge in [0.2, 0.25) is 5.16 Å². The van der Waals surface area contributed by atoms with Crippen molar-refractivity contribution in [1.29, 1.82) is 0 Å². The third-order valence-corrected chi connectivity index (χ3v) is 9.17. The van der Waals surface area contributed by atoms with Crippen LogP contribution in [0.5, 0.6) is 5.75 Å². The molecule has 0 bridgehead atoms. The van der Waals surface area contributed by atoms with Gasteiger partial charge in [0, 0.05) is 22.9 Å². The van der Waals surface area contributed by atoms with Crippen molar-refractivity contribution in [3.8, 4) is 11.4 Å². The number of anilines is 1. The highest BCUT2D eigenvalue weighted by atomic mass is 32.2. The number of para-hydroxylation sites is 2. The summed E-state index contributed by atoms with van der Waals surface area (Å²) >= 11 is 1.46. The topological polar surface area (TPSA) is 157 Å². The number of nitrogens with one attached hydrogen (secondary N) is 1. The second kappa shape index (κ2) is 13.9. The van der Waals surface area contributed by atoms with Gasteiger partial charge in [0.1, 0.15) is 11.4 Å². The number of amides is 1. The van der Waals surface area contributed by atoms with Crippen LogP contribution in [0.3, 0.4) is 0 Å². The van der Waals surface area contributed by atoms with Gasteiger partial charge >= 0.3 is 0 Å². The van der Waals surface area contributed by atoms with Gasteiger partial charge in [0.15, 0.2) is 6.29 Å². The summed E-state index contributed by atoms with van der Waals surface area (Å²) in [6.07, 6.45) is 0.206. The number of hydrogen-bond acceptors (Lipinski definition) is 11. The lowest BCUT2D eigenvalue weighted by molar-refractivity contribution is -0.268. The number of carbonyl (C=O) groups excluding carboxylic acids is 1. The Hall–Kier alpha value is -5.21. The molecule has 4 aromatic carbocycles. The molecule has 242 valence electrons. The first-order valence-electron chi connectivity index (χ1n) is 15.3. The minimum atomic E-state index is -0.696. The number of aromatic nitrogens is 6. The summed E-state index contributed by atoms with van der Waals surface area (Å²) in [5, 5.41) is 34.9. The van der Waals surface area contributed by atoms with Crippen molar-refractivity contribution in [2.24, 2.45) is 5.92 Å². The number of phenolic OH excluding ortho intramolecular Hbond substituents is 1. The fourth-order valence-corrected chi connectivity index (χ4v) is 6.53. The Morgan fingerprint density at radius 1 is 0.917 bits per heavy atom. The van der Waals surface area contributed by atoms with E-state index in [1.807, 2.05) is 60.7 Å². The van der Waals surface area contributed by atoms with Crippen LogP contribution in [0, 0.1) is 5.92 Å². The number of hydrogen-bond donors (Lipinski definition) is 3. The molecule has 1 aliphatic heterocycles. The van der Waals surface area contributed by atoms with Gasteiger partial charge < -0.3 is 25.0 Å². The van der Waals surface area contributed by atoms with E-state index in [0.29, 0.717) is 22.1 Å². The number of carbonyl (C=O) groups is 1. The second-order valence-electron chi connectivity index (χ2n) is 11.3. The van der Waals surface area contributed by atoms with Crippen LogP contribution in [0.15, 0.2) is 108 Å². The maximum atomic E-state index is 13.0. The molecule has 1 saturated heterocycles. The van der Waals surface area contributed by atoms with Gasteiger partial charge in [-0.25, -0.2) is 4.98 Å². The van der Waals surface area contributed by atoms with Gasteiger partial charge in [0.05, 0.1) is 41.7 Å². The SMILES string of the molecule is CC1C(CSc2nnnn2-c2ccc(O)cc2)OC(c2ccc(NC(=O)c3cnc4ccccc4n3)cc2)OC1c1ccc(CO)cc1. The van der Waals surface area contributed by atoms with Crippen LogP contribution in [0.1, 0.15) is 46.5 Å². The Morgan fingerprint density at radius 2 is 1.65 bits per heavy atom. The van der Waals surface area contributed by atoms with Crippen molar-refractivity contribution in [2.75, 3.05) is 11.1 Å². The van der Waals surface area contributed by atoms with E-state index in [-0.39, 0.29) is 42.1 Å². The molecule has 0 radical (unpaired) electrons. The Balaban J connectivity index is 1.09. The molecule has 4 unspecified atom stereocenters. The quantitative estimate of drug-likeness (QED) is 0.165. The highest BCUT2D eigenvalue weighted by molar-refractivity contribution is 7.99. The van der Waals surface area contributed by atoms with E-state index < -0.39 is 6.29 Å². The molecule has 2 aromatic heterocycles. The molecule has 3 heterocycles. The lowest BCUT2D eigenvalue weighted by Gasteiger charge is -2.41. The van der Waals surface area contributed by atoms with Gasteiger partial charge in [-0.15, -0.1) is 5.10 Å². The number of rotatable bonds is 9. The number of benzene rings is 4. The summed E-state index contributed by atoms with van der Waals surface area (Å²) in [7, 11) is 0. The van der Waals surface area contributed by atoms with Gasteiger partial charge in [-0.2, -0.15) is 4.68 Å². The standard InChI is InChI=1S/C35H31N7O5S/c1-21-31(20-48-35-39-40-41-42(35)26-14-16-27(44)17-15-26)46-34(47-32(21)23-8-6-22(19-43)7-9-23)24-10-12-25(13-11-24)37-33(45)30-18-36-28-4-2-3-5-29(28)38-30/h2-18,21,31-32,34,43-44H,19-20H2,1H3,(H,37,45). The Labute approximate surface area is 279 Å². The summed E-state index contributed by atoms with van der Waals surface area (Å²) < 4.78 is 14.8. The fraction of sp³-hybridized carbons (Fsp3) is 0.200. The summed E-state index contributed by atoms with van der Waals surface area (Å²) in [6.45, 7) is 2.04. The van der Waals surface area contributed by atoms with Crippen LogP contribution in [0.25, 0.3) is 16.7 Å². The number of fused-ring (bicyclic) bond motifs is 1. The second-order valence-corrected chi connectivity index (χ2v) is 12.3. The predicted octanol–water partition coefficient (Wildman–Crippen LogP) is 5.64. The van der Waals surface area contributed by atoms with Crippen molar-refractivity contribution in [3.63, 3.8) is 0 Å². The van der Waals surface area contributed by atoms with Crippen molar-refractivity contribution in [1.82, 2.24) is 30.2 Å². The van der Waals surface area contributed by atoms with E-state index in [4.69, 9.17) is 9.47 Å². The molecule has 1 fully saturated rings. The van der Waals surface area contributed by atoms with Crippen molar-refractivity contribution < 1.29 is 24.5 Å². The molecule has 3 N–H and O–H groups in total.